The molecule has 1 aromatic heterocycles. The van der Waals surface area contributed by atoms with E-state index in [9.17, 15) is 9.59 Å². The van der Waals surface area contributed by atoms with Crippen molar-refractivity contribution in [3.05, 3.63) is 53.3 Å². The van der Waals surface area contributed by atoms with E-state index in [1.807, 2.05) is 71.3 Å². The smallest absolute Gasteiger partial charge is 0.221 e. The minimum atomic E-state index is -0.402. The summed E-state index contributed by atoms with van der Waals surface area (Å²) in [7, 11) is 1.86. The number of ketones is 1. The second-order valence-corrected chi connectivity index (χ2v) is 7.44. The number of carbonyl (C=O) groups is 2. The number of amides is 1. The minimum absolute atomic E-state index is 0.0541. The standard InChI is InChI=1S/C20H27N3O2/c1-14(17-13-23(5)22-15(17)2)21-19(25)12-20(3,4)11-18(24)16-9-7-6-8-10-16/h6-10,13-14H,11-12H2,1-5H3,(H,21,25)/t14-/m1/s1. The van der Waals surface area contributed by atoms with E-state index < -0.39 is 5.41 Å². The predicted molar refractivity (Wildman–Crippen MR) is 98.3 cm³/mol. The van der Waals surface area contributed by atoms with Crippen LogP contribution in [0.3, 0.4) is 0 Å². The van der Waals surface area contributed by atoms with Crippen molar-refractivity contribution in [1.29, 1.82) is 0 Å². The average molecular weight is 341 g/mol. The molecule has 1 heterocycles. The van der Waals surface area contributed by atoms with Gasteiger partial charge in [-0.2, -0.15) is 5.10 Å². The molecular weight excluding hydrogens is 314 g/mol. The molecule has 0 aliphatic heterocycles. The van der Waals surface area contributed by atoms with Crippen molar-refractivity contribution >= 4 is 11.7 Å². The fourth-order valence-electron chi connectivity index (χ4n) is 3.07. The van der Waals surface area contributed by atoms with Gasteiger partial charge in [-0.15, -0.1) is 0 Å². The van der Waals surface area contributed by atoms with Gasteiger partial charge in [0.25, 0.3) is 0 Å². The molecule has 1 amide bonds. The average Bonchev–Trinajstić information content (AvgIpc) is 2.85. The molecule has 0 saturated heterocycles. The zero-order valence-electron chi connectivity index (χ0n) is 15.7. The molecule has 0 aliphatic rings. The van der Waals surface area contributed by atoms with Crippen molar-refractivity contribution in [1.82, 2.24) is 15.1 Å². The summed E-state index contributed by atoms with van der Waals surface area (Å²) >= 11 is 0. The van der Waals surface area contributed by atoms with Crippen LogP contribution >= 0.6 is 0 Å². The van der Waals surface area contributed by atoms with Crippen molar-refractivity contribution in [2.75, 3.05) is 0 Å². The molecule has 2 rings (SSSR count). The number of Topliss-reactive ketones (excluding diaryl/α,β-unsaturated/α-hetero) is 1. The van der Waals surface area contributed by atoms with Gasteiger partial charge in [-0.05, 0) is 19.3 Å². The Morgan fingerprint density at radius 2 is 1.84 bits per heavy atom. The van der Waals surface area contributed by atoms with E-state index in [2.05, 4.69) is 10.4 Å². The summed E-state index contributed by atoms with van der Waals surface area (Å²) in [6, 6.07) is 9.10. The molecule has 0 spiro atoms. The number of hydrogen-bond donors (Lipinski definition) is 1. The van der Waals surface area contributed by atoms with Crippen LogP contribution in [-0.2, 0) is 11.8 Å². The van der Waals surface area contributed by atoms with E-state index in [1.54, 1.807) is 4.68 Å². The topological polar surface area (TPSA) is 64.0 Å². The van der Waals surface area contributed by atoms with E-state index in [-0.39, 0.29) is 17.7 Å². The fraction of sp³-hybridized carbons (Fsp3) is 0.450. The zero-order chi connectivity index (χ0) is 18.6. The number of benzene rings is 1. The summed E-state index contributed by atoms with van der Waals surface area (Å²) < 4.78 is 1.75. The highest BCUT2D eigenvalue weighted by Gasteiger charge is 2.27. The number of aromatic nitrogens is 2. The molecule has 1 aromatic carbocycles. The Kier molecular flexibility index (Phi) is 5.77. The summed E-state index contributed by atoms with van der Waals surface area (Å²) in [6.45, 7) is 7.78. The van der Waals surface area contributed by atoms with Crippen LogP contribution in [0.25, 0.3) is 0 Å². The Hall–Kier alpha value is -2.43. The van der Waals surface area contributed by atoms with E-state index in [0.29, 0.717) is 18.4 Å². The van der Waals surface area contributed by atoms with Crippen molar-refractivity contribution < 1.29 is 9.59 Å². The van der Waals surface area contributed by atoms with E-state index in [4.69, 9.17) is 0 Å². The quantitative estimate of drug-likeness (QED) is 0.783. The van der Waals surface area contributed by atoms with Gasteiger partial charge in [-0.25, -0.2) is 0 Å². The first-order chi connectivity index (χ1) is 11.7. The van der Waals surface area contributed by atoms with Crippen LogP contribution in [0, 0.1) is 12.3 Å². The molecular formula is C20H27N3O2. The van der Waals surface area contributed by atoms with Gasteiger partial charge >= 0.3 is 0 Å². The third-order valence-electron chi connectivity index (χ3n) is 4.27. The van der Waals surface area contributed by atoms with E-state index >= 15 is 0 Å². The maximum Gasteiger partial charge on any atom is 0.221 e. The molecule has 0 bridgehead atoms. The summed E-state index contributed by atoms with van der Waals surface area (Å²) in [5.41, 5.74) is 2.21. The minimum Gasteiger partial charge on any atom is -0.349 e. The lowest BCUT2D eigenvalue weighted by Gasteiger charge is -2.24. The Labute approximate surface area is 149 Å². The molecule has 0 saturated carbocycles. The molecule has 2 aromatic rings. The van der Waals surface area contributed by atoms with Crippen LogP contribution in [0.4, 0.5) is 0 Å². The van der Waals surface area contributed by atoms with Gasteiger partial charge in [-0.3, -0.25) is 14.3 Å². The number of carbonyl (C=O) groups excluding carboxylic acids is 2. The van der Waals surface area contributed by atoms with Gasteiger partial charge in [0.1, 0.15) is 0 Å². The Balaban J connectivity index is 1.94. The summed E-state index contributed by atoms with van der Waals surface area (Å²) in [5.74, 6) is 0.0103. The van der Waals surface area contributed by atoms with Crippen LogP contribution in [-0.4, -0.2) is 21.5 Å². The Morgan fingerprint density at radius 3 is 2.40 bits per heavy atom. The summed E-state index contributed by atoms with van der Waals surface area (Å²) in [5, 5.41) is 7.32. The van der Waals surface area contributed by atoms with Crippen LogP contribution in [0.5, 0.6) is 0 Å². The zero-order valence-corrected chi connectivity index (χ0v) is 15.7. The second-order valence-electron chi connectivity index (χ2n) is 7.44. The number of nitrogens with one attached hydrogen (secondary N) is 1. The van der Waals surface area contributed by atoms with Gasteiger partial charge in [0.15, 0.2) is 5.78 Å². The normalized spacial score (nSPS) is 12.7. The van der Waals surface area contributed by atoms with Gasteiger partial charge in [0.05, 0.1) is 11.7 Å². The lowest BCUT2D eigenvalue weighted by molar-refractivity contribution is -0.123. The molecule has 5 heteroatoms. The molecule has 1 N–H and O–H groups in total. The SMILES string of the molecule is Cc1nn(C)cc1[C@@H](C)NC(=O)CC(C)(C)CC(=O)c1ccccc1. The second kappa shape index (κ2) is 7.64. The van der Waals surface area contributed by atoms with Gasteiger partial charge in [-0.1, -0.05) is 44.2 Å². The fourth-order valence-corrected chi connectivity index (χ4v) is 3.07. The largest absolute Gasteiger partial charge is 0.349 e. The highest BCUT2D eigenvalue weighted by Crippen LogP contribution is 2.27. The molecule has 0 aliphatic carbocycles. The molecule has 134 valence electrons. The predicted octanol–water partition coefficient (Wildman–Crippen LogP) is 3.60. The van der Waals surface area contributed by atoms with Crippen molar-refractivity contribution in [3.63, 3.8) is 0 Å². The van der Waals surface area contributed by atoms with Gasteiger partial charge in [0, 0.05) is 37.2 Å². The monoisotopic (exact) mass is 341 g/mol. The van der Waals surface area contributed by atoms with Crippen LogP contribution in [0.1, 0.15) is 61.3 Å². The molecule has 1 atom stereocenters. The van der Waals surface area contributed by atoms with E-state index in [0.717, 1.165) is 11.3 Å². The lowest BCUT2D eigenvalue weighted by Crippen LogP contribution is -2.32. The van der Waals surface area contributed by atoms with Gasteiger partial charge in [0.2, 0.25) is 5.91 Å². The highest BCUT2D eigenvalue weighted by atomic mass is 16.1. The van der Waals surface area contributed by atoms with Gasteiger partial charge < -0.3 is 5.32 Å². The van der Waals surface area contributed by atoms with Crippen LogP contribution in [0.15, 0.2) is 36.5 Å². The first kappa shape index (κ1) is 18.9. The Bertz CT molecular complexity index is 748. The van der Waals surface area contributed by atoms with Crippen LogP contribution in [0.2, 0.25) is 0 Å². The first-order valence-electron chi connectivity index (χ1n) is 8.56. The maximum atomic E-state index is 12.4. The molecule has 0 fully saturated rings. The third-order valence-corrected chi connectivity index (χ3v) is 4.27. The molecule has 25 heavy (non-hydrogen) atoms. The van der Waals surface area contributed by atoms with Crippen molar-refractivity contribution in [2.24, 2.45) is 12.5 Å². The first-order valence-corrected chi connectivity index (χ1v) is 8.56. The summed E-state index contributed by atoms with van der Waals surface area (Å²) in [6.07, 6.45) is 2.56. The maximum absolute atomic E-state index is 12.4. The van der Waals surface area contributed by atoms with Crippen molar-refractivity contribution in [3.8, 4) is 0 Å². The third kappa shape index (κ3) is 5.28. The van der Waals surface area contributed by atoms with Crippen LogP contribution < -0.4 is 5.32 Å². The Morgan fingerprint density at radius 1 is 1.20 bits per heavy atom. The van der Waals surface area contributed by atoms with E-state index in [1.165, 1.54) is 0 Å². The number of nitrogens with zero attached hydrogens (tertiary/aromatic N) is 2. The number of aryl methyl sites for hydroxylation is 2. The lowest BCUT2D eigenvalue weighted by atomic mass is 9.82. The molecule has 5 nitrogen and oxygen atoms in total. The van der Waals surface area contributed by atoms with Crippen molar-refractivity contribution in [2.45, 2.75) is 46.6 Å². The molecule has 0 radical (unpaired) electrons. The summed E-state index contributed by atoms with van der Waals surface area (Å²) in [4.78, 5) is 24.8. The molecule has 0 unspecified atom stereocenters. The number of hydrogen-bond acceptors (Lipinski definition) is 3. The number of rotatable bonds is 7. The highest BCUT2D eigenvalue weighted by molar-refractivity contribution is 5.96.